The van der Waals surface area contributed by atoms with Gasteiger partial charge in [0.25, 0.3) is 0 Å². The number of thioether (sulfide) groups is 1. The lowest BCUT2D eigenvalue weighted by Gasteiger charge is -2.33. The van der Waals surface area contributed by atoms with Gasteiger partial charge in [0, 0.05) is 37.1 Å². The number of piperidine rings is 2. The Kier molecular flexibility index (Phi) is 8.78. The van der Waals surface area contributed by atoms with E-state index in [9.17, 15) is 18.0 Å². The maximum absolute atomic E-state index is 13.3. The normalized spacial score (nSPS) is 22.7. The highest BCUT2D eigenvalue weighted by Gasteiger charge is 2.32. The molecule has 10 heteroatoms. The van der Waals surface area contributed by atoms with Crippen molar-refractivity contribution in [3.63, 3.8) is 0 Å². The quantitative estimate of drug-likeness (QED) is 0.528. The number of benzene rings is 1. The van der Waals surface area contributed by atoms with Crippen molar-refractivity contribution in [3.8, 4) is 0 Å². The zero-order chi connectivity index (χ0) is 25.0. The predicted octanol–water partition coefficient (Wildman–Crippen LogP) is 2.93. The van der Waals surface area contributed by atoms with Crippen LogP contribution in [-0.2, 0) is 19.6 Å². The van der Waals surface area contributed by atoms with E-state index >= 15 is 0 Å². The number of fused-ring (bicyclic) bond motifs is 1. The number of nitrogens with one attached hydrogen (secondary N) is 1. The van der Waals surface area contributed by atoms with Crippen LogP contribution >= 0.6 is 11.8 Å². The molecule has 35 heavy (non-hydrogen) atoms. The van der Waals surface area contributed by atoms with E-state index in [0.717, 1.165) is 37.2 Å². The number of likely N-dealkylation sites (tertiary alicyclic amines) is 1. The summed E-state index contributed by atoms with van der Waals surface area (Å²) in [5, 5.41) is 2.94. The summed E-state index contributed by atoms with van der Waals surface area (Å²) in [5.41, 5.74) is 0.509. The Balaban J connectivity index is 1.38. The molecule has 1 aromatic rings. The van der Waals surface area contributed by atoms with Crippen molar-refractivity contribution in [2.75, 3.05) is 49.9 Å². The number of hydrogen-bond donors (Lipinski definition) is 1. The van der Waals surface area contributed by atoms with E-state index in [-0.39, 0.29) is 29.0 Å². The molecule has 3 heterocycles. The van der Waals surface area contributed by atoms with E-state index in [0.29, 0.717) is 37.3 Å². The number of sulfonamides is 1. The SMILES string of the molecule is CC1CCN(S(=O)(=O)c2ccc3c(c2)N(CC(=O)NCCCN2CCCC[C@@H]2C)C(=O)CS3)CC1. The van der Waals surface area contributed by atoms with Crippen LogP contribution in [0.3, 0.4) is 0 Å². The molecule has 1 aromatic carbocycles. The van der Waals surface area contributed by atoms with Gasteiger partial charge in [-0.05, 0) is 69.7 Å². The number of carbonyl (C=O) groups is 2. The molecule has 0 aromatic heterocycles. The highest BCUT2D eigenvalue weighted by molar-refractivity contribution is 8.00. The van der Waals surface area contributed by atoms with E-state index in [4.69, 9.17) is 0 Å². The Morgan fingerprint density at radius 3 is 2.63 bits per heavy atom. The van der Waals surface area contributed by atoms with Crippen LogP contribution in [0, 0.1) is 5.92 Å². The van der Waals surface area contributed by atoms with Gasteiger partial charge < -0.3 is 15.1 Å². The van der Waals surface area contributed by atoms with Crippen molar-refractivity contribution in [2.45, 2.75) is 68.2 Å². The minimum absolute atomic E-state index is 0.1000. The Labute approximate surface area is 213 Å². The number of carbonyl (C=O) groups excluding carboxylic acids is 2. The zero-order valence-corrected chi connectivity index (χ0v) is 22.5. The van der Waals surface area contributed by atoms with Crippen LogP contribution in [0.15, 0.2) is 28.0 Å². The number of hydrogen-bond acceptors (Lipinski definition) is 6. The fraction of sp³-hybridized carbons (Fsp3) is 0.680. The van der Waals surface area contributed by atoms with Gasteiger partial charge in [-0.2, -0.15) is 4.31 Å². The summed E-state index contributed by atoms with van der Waals surface area (Å²) in [6.07, 6.45) is 6.32. The van der Waals surface area contributed by atoms with Crippen molar-refractivity contribution >= 4 is 39.3 Å². The van der Waals surface area contributed by atoms with Gasteiger partial charge in [0.05, 0.1) is 16.3 Å². The van der Waals surface area contributed by atoms with Gasteiger partial charge in [-0.25, -0.2) is 8.42 Å². The third-order valence-corrected chi connectivity index (χ3v) is 10.4. The molecule has 1 atom stereocenters. The summed E-state index contributed by atoms with van der Waals surface area (Å²) in [6.45, 7) is 7.96. The van der Waals surface area contributed by atoms with Gasteiger partial charge in [0.15, 0.2) is 0 Å². The van der Waals surface area contributed by atoms with Crippen LogP contribution in [0.2, 0.25) is 0 Å². The maximum atomic E-state index is 13.3. The van der Waals surface area contributed by atoms with E-state index < -0.39 is 10.0 Å². The summed E-state index contributed by atoms with van der Waals surface area (Å²) in [6, 6.07) is 5.54. The highest BCUT2D eigenvalue weighted by atomic mass is 32.2. The molecule has 0 radical (unpaired) electrons. The lowest BCUT2D eigenvalue weighted by Crippen LogP contribution is -2.44. The highest BCUT2D eigenvalue weighted by Crippen LogP contribution is 2.37. The molecule has 0 unspecified atom stereocenters. The van der Waals surface area contributed by atoms with Crippen LogP contribution in [-0.4, -0.2) is 80.5 Å². The number of rotatable bonds is 8. The van der Waals surface area contributed by atoms with Crippen molar-refractivity contribution in [3.05, 3.63) is 18.2 Å². The van der Waals surface area contributed by atoms with Gasteiger partial charge in [-0.15, -0.1) is 11.8 Å². The largest absolute Gasteiger partial charge is 0.355 e. The third-order valence-electron chi connectivity index (χ3n) is 7.44. The molecule has 3 aliphatic rings. The molecule has 8 nitrogen and oxygen atoms in total. The first kappa shape index (κ1) is 26.4. The number of amides is 2. The fourth-order valence-corrected chi connectivity index (χ4v) is 7.50. The lowest BCUT2D eigenvalue weighted by atomic mass is 10.0. The van der Waals surface area contributed by atoms with Crippen molar-refractivity contribution in [1.29, 1.82) is 0 Å². The van der Waals surface area contributed by atoms with Gasteiger partial charge in [-0.1, -0.05) is 13.3 Å². The molecule has 0 bridgehead atoms. The van der Waals surface area contributed by atoms with E-state index in [1.807, 2.05) is 0 Å². The summed E-state index contributed by atoms with van der Waals surface area (Å²) >= 11 is 1.38. The molecule has 194 valence electrons. The van der Waals surface area contributed by atoms with Crippen LogP contribution in [0.5, 0.6) is 0 Å². The average molecular weight is 523 g/mol. The molecule has 3 aliphatic heterocycles. The van der Waals surface area contributed by atoms with Crippen LogP contribution in [0.1, 0.15) is 52.4 Å². The standard InChI is InChI=1S/C25H38N4O4S2/c1-19-9-14-28(15-10-19)35(32,33)21-7-8-23-22(16-21)29(25(31)18-34-23)17-24(30)26-11-5-13-27-12-4-3-6-20(27)2/h7-8,16,19-20H,3-6,9-15,17-18H2,1-2H3,(H,26,30)/t20-/m0/s1. The minimum atomic E-state index is -3.64. The Morgan fingerprint density at radius 1 is 1.11 bits per heavy atom. The predicted molar refractivity (Wildman–Crippen MR) is 139 cm³/mol. The minimum Gasteiger partial charge on any atom is -0.355 e. The fourth-order valence-electron chi connectivity index (χ4n) is 5.09. The molecule has 2 amide bonds. The molecule has 4 rings (SSSR count). The third kappa shape index (κ3) is 6.39. The second kappa shape index (κ2) is 11.6. The average Bonchev–Trinajstić information content (AvgIpc) is 2.84. The van der Waals surface area contributed by atoms with E-state index in [2.05, 4.69) is 24.1 Å². The molecule has 0 saturated carbocycles. The molecule has 2 saturated heterocycles. The van der Waals surface area contributed by atoms with Crippen LogP contribution in [0.4, 0.5) is 5.69 Å². The first-order valence-electron chi connectivity index (χ1n) is 12.8. The molecule has 2 fully saturated rings. The van der Waals surface area contributed by atoms with E-state index in [1.54, 1.807) is 18.2 Å². The van der Waals surface area contributed by atoms with Crippen molar-refractivity contribution < 1.29 is 18.0 Å². The zero-order valence-electron chi connectivity index (χ0n) is 20.9. The summed E-state index contributed by atoms with van der Waals surface area (Å²) < 4.78 is 28.0. The Bertz CT molecular complexity index is 1020. The molecular weight excluding hydrogens is 484 g/mol. The molecule has 1 N–H and O–H groups in total. The van der Waals surface area contributed by atoms with Crippen LogP contribution < -0.4 is 10.2 Å². The Morgan fingerprint density at radius 2 is 1.89 bits per heavy atom. The first-order valence-corrected chi connectivity index (χ1v) is 15.3. The first-order chi connectivity index (χ1) is 16.8. The van der Waals surface area contributed by atoms with Crippen LogP contribution in [0.25, 0.3) is 0 Å². The van der Waals surface area contributed by atoms with Gasteiger partial charge in [0.1, 0.15) is 6.54 Å². The molecule has 0 aliphatic carbocycles. The second-order valence-corrected chi connectivity index (χ2v) is 13.0. The topological polar surface area (TPSA) is 90.0 Å². The van der Waals surface area contributed by atoms with Gasteiger partial charge in [0.2, 0.25) is 21.8 Å². The smallest absolute Gasteiger partial charge is 0.243 e. The molecule has 0 spiro atoms. The van der Waals surface area contributed by atoms with Crippen molar-refractivity contribution in [1.82, 2.24) is 14.5 Å². The van der Waals surface area contributed by atoms with Crippen molar-refractivity contribution in [2.24, 2.45) is 5.92 Å². The lowest BCUT2D eigenvalue weighted by molar-refractivity contribution is -0.123. The monoisotopic (exact) mass is 522 g/mol. The summed E-state index contributed by atoms with van der Waals surface area (Å²) in [5.74, 6) is 0.363. The number of anilines is 1. The Hall–Kier alpha value is -1.62. The van der Waals surface area contributed by atoms with Gasteiger partial charge in [-0.3, -0.25) is 9.59 Å². The molecular formula is C25H38N4O4S2. The van der Waals surface area contributed by atoms with Gasteiger partial charge >= 0.3 is 0 Å². The number of nitrogens with zero attached hydrogens (tertiary/aromatic N) is 3. The van der Waals surface area contributed by atoms with E-state index in [1.165, 1.54) is 40.2 Å². The summed E-state index contributed by atoms with van der Waals surface area (Å²) in [7, 11) is -3.64. The maximum Gasteiger partial charge on any atom is 0.243 e. The summed E-state index contributed by atoms with van der Waals surface area (Å²) in [4.78, 5) is 30.3. The second-order valence-electron chi connectivity index (χ2n) is 10.1.